The number of carbonyl (C=O) groups excluding carboxylic acids is 1. The maximum absolute atomic E-state index is 12.9. The molecule has 1 atom stereocenters. The molecule has 0 saturated heterocycles. The van der Waals surface area contributed by atoms with Crippen molar-refractivity contribution in [2.75, 3.05) is 0 Å². The predicted octanol–water partition coefficient (Wildman–Crippen LogP) is 4.20. The number of amides is 1. The van der Waals surface area contributed by atoms with Crippen LogP contribution in [0.3, 0.4) is 0 Å². The Hall–Kier alpha value is -2.38. The number of rotatable bonds is 8. The fraction of sp³-hybridized carbons (Fsp3) is 0.136. The highest BCUT2D eigenvalue weighted by Gasteiger charge is 2.26. The number of carbonyl (C=O) groups is 1. The highest BCUT2D eigenvalue weighted by Crippen LogP contribution is 2.21. The predicted molar refractivity (Wildman–Crippen MR) is 119 cm³/mol. The van der Waals surface area contributed by atoms with Crippen molar-refractivity contribution in [3.63, 3.8) is 0 Å². The van der Waals surface area contributed by atoms with Gasteiger partial charge in [0.15, 0.2) is 0 Å². The summed E-state index contributed by atoms with van der Waals surface area (Å²) < 4.78 is 28.1. The molecule has 0 heterocycles. The molecule has 3 aromatic rings. The summed E-state index contributed by atoms with van der Waals surface area (Å²) in [7, 11) is -3.88. The molecule has 0 aliphatic rings. The fourth-order valence-electron chi connectivity index (χ4n) is 2.86. The Morgan fingerprint density at radius 3 is 2.17 bits per heavy atom. The van der Waals surface area contributed by atoms with Gasteiger partial charge in [-0.3, -0.25) is 4.79 Å². The molecule has 3 rings (SSSR count). The quantitative estimate of drug-likeness (QED) is 0.526. The molecule has 5 nitrogen and oxygen atoms in total. The van der Waals surface area contributed by atoms with Gasteiger partial charge >= 0.3 is 0 Å². The summed E-state index contributed by atoms with van der Waals surface area (Å²) >= 11 is 12.1. The van der Waals surface area contributed by atoms with E-state index < -0.39 is 22.0 Å². The number of benzene rings is 3. The summed E-state index contributed by atoms with van der Waals surface area (Å²) in [5.41, 5.74) is 1.51. The van der Waals surface area contributed by atoms with Gasteiger partial charge in [-0.1, -0.05) is 77.8 Å². The zero-order valence-corrected chi connectivity index (χ0v) is 18.2. The van der Waals surface area contributed by atoms with E-state index in [4.69, 9.17) is 23.2 Å². The summed E-state index contributed by atoms with van der Waals surface area (Å²) in [4.78, 5) is 13.0. The van der Waals surface area contributed by atoms with Gasteiger partial charge in [0.25, 0.3) is 0 Å². The first-order valence-electron chi connectivity index (χ1n) is 9.18. The Morgan fingerprint density at radius 2 is 1.53 bits per heavy atom. The van der Waals surface area contributed by atoms with E-state index in [1.807, 2.05) is 30.3 Å². The highest BCUT2D eigenvalue weighted by atomic mass is 35.5. The van der Waals surface area contributed by atoms with E-state index in [0.29, 0.717) is 15.6 Å². The van der Waals surface area contributed by atoms with Crippen LogP contribution in [-0.4, -0.2) is 20.4 Å². The summed E-state index contributed by atoms with van der Waals surface area (Å²) in [6.07, 6.45) is 0.201. The van der Waals surface area contributed by atoms with Gasteiger partial charge in [0, 0.05) is 16.6 Å². The molecule has 0 aliphatic heterocycles. The first-order chi connectivity index (χ1) is 14.3. The number of hydrogen-bond donors (Lipinski definition) is 2. The second-order valence-corrected chi connectivity index (χ2v) is 9.19. The molecule has 156 valence electrons. The van der Waals surface area contributed by atoms with E-state index in [0.717, 1.165) is 5.56 Å². The summed E-state index contributed by atoms with van der Waals surface area (Å²) in [5, 5.41) is 3.68. The van der Waals surface area contributed by atoms with Crippen molar-refractivity contribution < 1.29 is 13.2 Å². The normalized spacial score (nSPS) is 12.3. The van der Waals surface area contributed by atoms with Crippen molar-refractivity contribution >= 4 is 39.1 Å². The molecule has 8 heteroatoms. The summed E-state index contributed by atoms with van der Waals surface area (Å²) in [6.45, 7) is 0.146. The summed E-state index contributed by atoms with van der Waals surface area (Å²) in [5.74, 6) is -0.454. The van der Waals surface area contributed by atoms with Crippen molar-refractivity contribution in [1.82, 2.24) is 10.0 Å². The van der Waals surface area contributed by atoms with Gasteiger partial charge in [-0.05, 0) is 41.8 Å². The zero-order chi connectivity index (χ0) is 21.6. The molecule has 0 radical (unpaired) electrons. The molecular formula is C22H20Cl2N2O3S. The van der Waals surface area contributed by atoms with E-state index >= 15 is 0 Å². The fourth-order valence-corrected chi connectivity index (χ4v) is 4.56. The van der Waals surface area contributed by atoms with Crippen LogP contribution in [0.15, 0.2) is 83.8 Å². The Morgan fingerprint density at radius 1 is 0.900 bits per heavy atom. The van der Waals surface area contributed by atoms with E-state index in [1.165, 1.54) is 12.1 Å². The van der Waals surface area contributed by atoms with Crippen LogP contribution in [-0.2, 0) is 27.8 Å². The molecule has 2 N–H and O–H groups in total. The third-order valence-electron chi connectivity index (χ3n) is 4.42. The van der Waals surface area contributed by atoms with E-state index in [9.17, 15) is 13.2 Å². The van der Waals surface area contributed by atoms with Gasteiger partial charge < -0.3 is 5.32 Å². The standard InChI is InChI=1S/C22H20Cl2N2O3S/c23-18-12-11-17(20(24)14-18)15-25-22(27)21(13-16-7-3-1-4-8-16)26-30(28,29)19-9-5-2-6-10-19/h1-12,14,21,26H,13,15H2,(H,25,27)/t21-/m1/s1. The van der Waals surface area contributed by atoms with E-state index in [-0.39, 0.29) is 17.9 Å². The van der Waals surface area contributed by atoms with Crippen molar-refractivity contribution in [2.24, 2.45) is 0 Å². The Kier molecular flexibility index (Phi) is 7.50. The molecule has 0 fully saturated rings. The first kappa shape index (κ1) is 22.3. The minimum atomic E-state index is -3.88. The van der Waals surface area contributed by atoms with Gasteiger partial charge in [-0.15, -0.1) is 0 Å². The molecular weight excluding hydrogens is 443 g/mol. The average molecular weight is 463 g/mol. The molecule has 0 aliphatic carbocycles. The van der Waals surface area contributed by atoms with Crippen LogP contribution in [0.5, 0.6) is 0 Å². The Bertz CT molecular complexity index is 1110. The van der Waals surface area contributed by atoms with Crippen LogP contribution in [0.25, 0.3) is 0 Å². The lowest BCUT2D eigenvalue weighted by atomic mass is 10.1. The van der Waals surface area contributed by atoms with Gasteiger partial charge in [0.2, 0.25) is 15.9 Å². The lowest BCUT2D eigenvalue weighted by Gasteiger charge is -2.19. The van der Waals surface area contributed by atoms with Crippen molar-refractivity contribution in [3.05, 3.63) is 100 Å². The second-order valence-electron chi connectivity index (χ2n) is 6.63. The molecule has 1 amide bonds. The van der Waals surface area contributed by atoms with Crippen LogP contribution < -0.4 is 10.0 Å². The molecule has 0 saturated carbocycles. The first-order valence-corrected chi connectivity index (χ1v) is 11.4. The third kappa shape index (κ3) is 6.06. The van der Waals surface area contributed by atoms with Gasteiger partial charge in [0.05, 0.1) is 4.90 Å². The number of halogens is 2. The number of nitrogens with one attached hydrogen (secondary N) is 2. The van der Waals surface area contributed by atoms with Crippen molar-refractivity contribution in [1.29, 1.82) is 0 Å². The van der Waals surface area contributed by atoms with Gasteiger partial charge in [-0.25, -0.2) is 8.42 Å². The van der Waals surface area contributed by atoms with Crippen molar-refractivity contribution in [2.45, 2.75) is 23.9 Å². The van der Waals surface area contributed by atoms with E-state index in [2.05, 4.69) is 10.0 Å². The van der Waals surface area contributed by atoms with E-state index in [1.54, 1.807) is 36.4 Å². The van der Waals surface area contributed by atoms with Crippen LogP contribution in [0, 0.1) is 0 Å². The van der Waals surface area contributed by atoms with Gasteiger partial charge in [0.1, 0.15) is 6.04 Å². The van der Waals surface area contributed by atoms with Gasteiger partial charge in [-0.2, -0.15) is 4.72 Å². The van der Waals surface area contributed by atoms with Crippen LogP contribution in [0.4, 0.5) is 0 Å². The third-order valence-corrected chi connectivity index (χ3v) is 6.49. The Balaban J connectivity index is 1.78. The SMILES string of the molecule is O=C(NCc1ccc(Cl)cc1Cl)[C@@H](Cc1ccccc1)NS(=O)(=O)c1ccccc1. The molecule has 0 aromatic heterocycles. The van der Waals surface area contributed by atoms with Crippen LogP contribution in [0.1, 0.15) is 11.1 Å². The van der Waals surface area contributed by atoms with Crippen LogP contribution in [0.2, 0.25) is 10.0 Å². The molecule has 0 bridgehead atoms. The molecule has 0 unspecified atom stereocenters. The Labute approximate surface area is 186 Å². The monoisotopic (exact) mass is 462 g/mol. The topological polar surface area (TPSA) is 75.3 Å². The summed E-state index contributed by atoms with van der Waals surface area (Å²) in [6, 6.07) is 21.1. The maximum atomic E-state index is 12.9. The van der Waals surface area contributed by atoms with Crippen LogP contribution >= 0.6 is 23.2 Å². The minimum Gasteiger partial charge on any atom is -0.351 e. The molecule has 3 aromatic carbocycles. The smallest absolute Gasteiger partial charge is 0.241 e. The average Bonchev–Trinajstić information content (AvgIpc) is 2.74. The second kappa shape index (κ2) is 10.1. The number of hydrogen-bond acceptors (Lipinski definition) is 3. The molecule has 30 heavy (non-hydrogen) atoms. The maximum Gasteiger partial charge on any atom is 0.241 e. The lowest BCUT2D eigenvalue weighted by Crippen LogP contribution is -2.47. The number of sulfonamides is 1. The molecule has 0 spiro atoms. The zero-order valence-electron chi connectivity index (χ0n) is 15.9. The highest BCUT2D eigenvalue weighted by molar-refractivity contribution is 7.89. The minimum absolute atomic E-state index is 0.0941. The lowest BCUT2D eigenvalue weighted by molar-refractivity contribution is -0.122. The van der Waals surface area contributed by atoms with Crippen molar-refractivity contribution in [3.8, 4) is 0 Å². The largest absolute Gasteiger partial charge is 0.351 e.